The monoisotopic (exact) mass is 439 g/mol. The van der Waals surface area contributed by atoms with Crippen LogP contribution in [0.15, 0.2) is 45.8 Å². The van der Waals surface area contributed by atoms with Crippen molar-refractivity contribution in [2.24, 2.45) is 0 Å². The first-order valence-corrected chi connectivity index (χ1v) is 10.8. The average molecular weight is 440 g/mol. The molecule has 1 amide bonds. The molecule has 1 atom stereocenters. The van der Waals surface area contributed by atoms with Gasteiger partial charge in [0.25, 0.3) is 5.91 Å². The highest BCUT2D eigenvalue weighted by Crippen LogP contribution is 2.26. The predicted octanol–water partition coefficient (Wildman–Crippen LogP) is 3.73. The third-order valence-electron chi connectivity index (χ3n) is 3.97. The molecule has 0 aliphatic rings. The lowest BCUT2D eigenvalue weighted by Gasteiger charge is -2.15. The Labute approximate surface area is 162 Å². The van der Waals surface area contributed by atoms with Crippen LogP contribution in [-0.2, 0) is 14.6 Å². The van der Waals surface area contributed by atoms with E-state index in [0.29, 0.717) is 5.75 Å². The van der Waals surface area contributed by atoms with Crippen LogP contribution in [0.25, 0.3) is 0 Å². The van der Waals surface area contributed by atoms with Gasteiger partial charge in [-0.25, -0.2) is 8.42 Å². The molecule has 0 heterocycles. The zero-order chi connectivity index (χ0) is 19.5. The molecule has 140 valence electrons. The molecule has 0 spiro atoms. The van der Waals surface area contributed by atoms with Gasteiger partial charge in [0.2, 0.25) is 0 Å². The fourth-order valence-corrected chi connectivity index (χ4v) is 3.37. The summed E-state index contributed by atoms with van der Waals surface area (Å²) in [5.74, 6) is 0.395. The van der Waals surface area contributed by atoms with E-state index in [2.05, 4.69) is 21.2 Å². The van der Waals surface area contributed by atoms with Gasteiger partial charge in [0.05, 0.1) is 10.9 Å². The highest BCUT2D eigenvalue weighted by atomic mass is 79.9. The van der Waals surface area contributed by atoms with Crippen LogP contribution in [-0.4, -0.2) is 27.2 Å². The van der Waals surface area contributed by atoms with Gasteiger partial charge in [-0.15, -0.1) is 0 Å². The fraction of sp³-hybridized carbons (Fsp3) is 0.316. The lowest BCUT2D eigenvalue weighted by Crippen LogP contribution is -2.31. The number of ether oxygens (including phenoxy) is 1. The number of amides is 1. The summed E-state index contributed by atoms with van der Waals surface area (Å²) in [6.45, 7) is 5.67. The van der Waals surface area contributed by atoms with Crippen LogP contribution < -0.4 is 10.1 Å². The van der Waals surface area contributed by atoms with E-state index in [1.807, 2.05) is 32.9 Å². The highest BCUT2D eigenvalue weighted by Gasteiger charge is 2.13. The Bertz CT molecular complexity index is 885. The first-order valence-electron chi connectivity index (χ1n) is 8.07. The van der Waals surface area contributed by atoms with Crippen LogP contribution in [0.4, 0.5) is 0 Å². The molecule has 1 N–H and O–H groups in total. The van der Waals surface area contributed by atoms with E-state index < -0.39 is 9.84 Å². The summed E-state index contributed by atoms with van der Waals surface area (Å²) >= 11 is 3.50. The number of rotatable bonds is 6. The third-order valence-corrected chi connectivity index (χ3v) is 6.34. The number of benzene rings is 2. The molecule has 26 heavy (non-hydrogen) atoms. The second kappa shape index (κ2) is 8.22. The zero-order valence-electron chi connectivity index (χ0n) is 15.2. The molecular weight excluding hydrogens is 418 g/mol. The molecule has 0 unspecified atom stereocenters. The second-order valence-electron chi connectivity index (χ2n) is 6.29. The van der Waals surface area contributed by atoms with Gasteiger partial charge in [-0.2, -0.15) is 0 Å². The van der Waals surface area contributed by atoms with Gasteiger partial charge in [-0.1, -0.05) is 28.1 Å². The molecule has 0 aliphatic carbocycles. The van der Waals surface area contributed by atoms with Crippen LogP contribution in [0.1, 0.15) is 29.7 Å². The van der Waals surface area contributed by atoms with Gasteiger partial charge < -0.3 is 10.1 Å². The summed E-state index contributed by atoms with van der Waals surface area (Å²) < 4.78 is 29.6. The predicted molar refractivity (Wildman–Crippen MR) is 105 cm³/mol. The molecule has 0 saturated heterocycles. The summed E-state index contributed by atoms with van der Waals surface area (Å²) in [7, 11) is -3.23. The van der Waals surface area contributed by atoms with Crippen molar-refractivity contribution in [2.75, 3.05) is 12.9 Å². The van der Waals surface area contributed by atoms with Crippen LogP contribution in [0.3, 0.4) is 0 Å². The summed E-state index contributed by atoms with van der Waals surface area (Å²) in [5, 5.41) is 2.84. The lowest BCUT2D eigenvalue weighted by atomic mass is 10.1. The number of halogens is 1. The number of hydrogen-bond donors (Lipinski definition) is 1. The number of carbonyl (C=O) groups excluding carboxylic acids is 1. The van der Waals surface area contributed by atoms with Crippen LogP contribution in [0.5, 0.6) is 5.75 Å². The standard InChI is InChI=1S/C19H22BrNO4S/c1-12-9-16(10-13(2)19(12)20)25-11-18(22)21-14(3)15-5-7-17(8-6-15)26(4,23)24/h5-10,14H,11H2,1-4H3,(H,21,22)/t14-/m0/s1. The van der Waals surface area contributed by atoms with Gasteiger partial charge in [0.1, 0.15) is 5.75 Å². The van der Waals surface area contributed by atoms with Crippen molar-refractivity contribution >= 4 is 31.7 Å². The van der Waals surface area contributed by atoms with E-state index in [1.54, 1.807) is 12.1 Å². The Kier molecular flexibility index (Phi) is 6.47. The number of nitrogens with one attached hydrogen (secondary N) is 1. The molecule has 0 aromatic heterocycles. The fourth-order valence-electron chi connectivity index (χ4n) is 2.51. The Hall–Kier alpha value is -1.86. The molecular formula is C19H22BrNO4S. The highest BCUT2D eigenvalue weighted by molar-refractivity contribution is 9.10. The SMILES string of the molecule is Cc1cc(OCC(=O)N[C@@H](C)c2ccc(S(C)(=O)=O)cc2)cc(C)c1Br. The summed E-state index contributed by atoms with van der Waals surface area (Å²) in [6, 6.07) is 9.96. The average Bonchev–Trinajstić information content (AvgIpc) is 2.57. The minimum atomic E-state index is -3.23. The second-order valence-corrected chi connectivity index (χ2v) is 9.10. The van der Waals surface area contributed by atoms with Crippen molar-refractivity contribution in [3.05, 3.63) is 57.6 Å². The smallest absolute Gasteiger partial charge is 0.258 e. The molecule has 0 radical (unpaired) electrons. The first-order chi connectivity index (χ1) is 12.1. The van der Waals surface area contributed by atoms with Crippen molar-refractivity contribution in [1.29, 1.82) is 0 Å². The largest absolute Gasteiger partial charge is 0.484 e. The zero-order valence-corrected chi connectivity index (χ0v) is 17.6. The van der Waals surface area contributed by atoms with Crippen LogP contribution >= 0.6 is 15.9 Å². The first kappa shape index (κ1) is 20.5. The Morgan fingerprint density at radius 3 is 2.19 bits per heavy atom. The molecule has 0 fully saturated rings. The molecule has 7 heteroatoms. The number of carbonyl (C=O) groups is 1. The van der Waals surface area contributed by atoms with E-state index in [-0.39, 0.29) is 23.5 Å². The Balaban J connectivity index is 1.95. The lowest BCUT2D eigenvalue weighted by molar-refractivity contribution is -0.123. The van der Waals surface area contributed by atoms with Gasteiger partial charge in [-0.3, -0.25) is 4.79 Å². The number of sulfone groups is 1. The van der Waals surface area contributed by atoms with Crippen molar-refractivity contribution in [3.8, 4) is 5.75 Å². The van der Waals surface area contributed by atoms with Gasteiger partial charge >= 0.3 is 0 Å². The van der Waals surface area contributed by atoms with Crippen molar-refractivity contribution in [2.45, 2.75) is 31.7 Å². The summed E-state index contributed by atoms with van der Waals surface area (Å²) in [4.78, 5) is 12.4. The maximum absolute atomic E-state index is 12.1. The van der Waals surface area contributed by atoms with Gasteiger partial charge in [0, 0.05) is 10.7 Å². The Morgan fingerprint density at radius 2 is 1.69 bits per heavy atom. The summed E-state index contributed by atoms with van der Waals surface area (Å²) in [5.41, 5.74) is 2.90. The van der Waals surface area contributed by atoms with E-state index >= 15 is 0 Å². The molecule has 2 aromatic rings. The minimum absolute atomic E-state index is 0.0910. The van der Waals surface area contributed by atoms with E-state index in [9.17, 15) is 13.2 Å². The molecule has 5 nitrogen and oxygen atoms in total. The van der Waals surface area contributed by atoms with E-state index in [0.717, 1.165) is 27.4 Å². The van der Waals surface area contributed by atoms with Crippen molar-refractivity contribution in [1.82, 2.24) is 5.32 Å². The van der Waals surface area contributed by atoms with Crippen molar-refractivity contribution < 1.29 is 17.9 Å². The van der Waals surface area contributed by atoms with E-state index in [4.69, 9.17) is 4.74 Å². The third kappa shape index (κ3) is 5.32. The quantitative estimate of drug-likeness (QED) is 0.743. The van der Waals surface area contributed by atoms with Crippen molar-refractivity contribution in [3.63, 3.8) is 0 Å². The van der Waals surface area contributed by atoms with Crippen LogP contribution in [0.2, 0.25) is 0 Å². The van der Waals surface area contributed by atoms with Crippen LogP contribution in [0, 0.1) is 13.8 Å². The number of aryl methyl sites for hydroxylation is 2. The molecule has 0 saturated carbocycles. The Morgan fingerprint density at radius 1 is 1.15 bits per heavy atom. The topological polar surface area (TPSA) is 72.5 Å². The molecule has 2 rings (SSSR count). The summed E-state index contributed by atoms with van der Waals surface area (Å²) in [6.07, 6.45) is 1.16. The van der Waals surface area contributed by atoms with E-state index in [1.165, 1.54) is 12.1 Å². The molecule has 0 bridgehead atoms. The number of hydrogen-bond acceptors (Lipinski definition) is 4. The maximum atomic E-state index is 12.1. The minimum Gasteiger partial charge on any atom is -0.484 e. The van der Waals surface area contributed by atoms with Gasteiger partial charge in [-0.05, 0) is 61.7 Å². The van der Waals surface area contributed by atoms with Gasteiger partial charge in [0.15, 0.2) is 16.4 Å². The molecule has 2 aromatic carbocycles. The molecule has 0 aliphatic heterocycles. The normalized spacial score (nSPS) is 12.5. The maximum Gasteiger partial charge on any atom is 0.258 e.